The van der Waals surface area contributed by atoms with Crippen molar-refractivity contribution in [2.24, 2.45) is 0 Å². The van der Waals surface area contributed by atoms with E-state index in [0.29, 0.717) is 6.04 Å². The van der Waals surface area contributed by atoms with Gasteiger partial charge in [-0.1, -0.05) is 25.1 Å². The van der Waals surface area contributed by atoms with Crippen LogP contribution in [0, 0.1) is 0 Å². The fraction of sp³-hybridized carbons (Fsp3) is 0.562. The lowest BCUT2D eigenvalue weighted by molar-refractivity contribution is -0.121. The second-order valence-electron chi connectivity index (χ2n) is 5.34. The van der Waals surface area contributed by atoms with E-state index in [1.807, 2.05) is 13.0 Å². The van der Waals surface area contributed by atoms with Crippen LogP contribution in [-0.2, 0) is 4.79 Å². The predicted octanol–water partition coefficient (Wildman–Crippen LogP) is 2.07. The number of amides is 1. The SMILES string of the molecule is CCCNC1CCN(C(C)C(=O)NC)c2ccccc21. The molecule has 1 aromatic rings. The van der Waals surface area contributed by atoms with Gasteiger partial charge in [0.1, 0.15) is 6.04 Å². The molecule has 0 spiro atoms. The van der Waals surface area contributed by atoms with Crippen LogP contribution in [-0.4, -0.2) is 32.1 Å². The van der Waals surface area contributed by atoms with Gasteiger partial charge >= 0.3 is 0 Å². The molecule has 0 saturated heterocycles. The Morgan fingerprint density at radius 1 is 1.45 bits per heavy atom. The number of nitrogens with one attached hydrogen (secondary N) is 2. The van der Waals surface area contributed by atoms with Gasteiger partial charge in [0.2, 0.25) is 5.91 Å². The molecule has 1 aromatic carbocycles. The van der Waals surface area contributed by atoms with Crippen LogP contribution in [0.5, 0.6) is 0 Å². The number of likely N-dealkylation sites (N-methyl/N-ethyl adjacent to an activating group) is 1. The third kappa shape index (κ3) is 2.96. The maximum Gasteiger partial charge on any atom is 0.242 e. The lowest BCUT2D eigenvalue weighted by Gasteiger charge is -2.39. The molecule has 2 N–H and O–H groups in total. The molecular formula is C16H25N3O. The first-order valence-corrected chi connectivity index (χ1v) is 7.49. The van der Waals surface area contributed by atoms with Crippen molar-refractivity contribution in [1.82, 2.24) is 10.6 Å². The highest BCUT2D eigenvalue weighted by molar-refractivity contribution is 5.85. The highest BCUT2D eigenvalue weighted by Gasteiger charge is 2.29. The second kappa shape index (κ2) is 6.75. The number of hydrogen-bond donors (Lipinski definition) is 2. The third-order valence-electron chi connectivity index (χ3n) is 4.01. The number of carbonyl (C=O) groups excluding carboxylic acids is 1. The molecule has 0 bridgehead atoms. The van der Waals surface area contributed by atoms with E-state index in [4.69, 9.17) is 0 Å². The van der Waals surface area contributed by atoms with E-state index in [-0.39, 0.29) is 11.9 Å². The summed E-state index contributed by atoms with van der Waals surface area (Å²) in [5.74, 6) is 0.0692. The van der Waals surface area contributed by atoms with Gasteiger partial charge in [-0.15, -0.1) is 0 Å². The summed E-state index contributed by atoms with van der Waals surface area (Å²) in [7, 11) is 1.69. The van der Waals surface area contributed by atoms with Crippen molar-refractivity contribution < 1.29 is 4.79 Å². The fourth-order valence-electron chi connectivity index (χ4n) is 2.87. The summed E-state index contributed by atoms with van der Waals surface area (Å²) >= 11 is 0. The zero-order valence-corrected chi connectivity index (χ0v) is 12.6. The zero-order valence-electron chi connectivity index (χ0n) is 12.6. The summed E-state index contributed by atoms with van der Waals surface area (Å²) in [4.78, 5) is 14.1. The van der Waals surface area contributed by atoms with Gasteiger partial charge in [-0.25, -0.2) is 0 Å². The minimum Gasteiger partial charge on any atom is -0.359 e. The number of anilines is 1. The Labute approximate surface area is 121 Å². The topological polar surface area (TPSA) is 44.4 Å². The van der Waals surface area contributed by atoms with E-state index in [1.165, 1.54) is 11.3 Å². The summed E-state index contributed by atoms with van der Waals surface area (Å²) < 4.78 is 0. The lowest BCUT2D eigenvalue weighted by atomic mass is 9.95. The van der Waals surface area contributed by atoms with Crippen molar-refractivity contribution >= 4 is 11.6 Å². The highest BCUT2D eigenvalue weighted by atomic mass is 16.2. The van der Waals surface area contributed by atoms with Crippen LogP contribution in [0.3, 0.4) is 0 Å². The Morgan fingerprint density at radius 3 is 2.90 bits per heavy atom. The van der Waals surface area contributed by atoms with Gasteiger partial charge in [0.05, 0.1) is 0 Å². The quantitative estimate of drug-likeness (QED) is 0.864. The molecule has 1 heterocycles. The van der Waals surface area contributed by atoms with Gasteiger partial charge < -0.3 is 15.5 Å². The third-order valence-corrected chi connectivity index (χ3v) is 4.01. The Balaban J connectivity index is 2.24. The van der Waals surface area contributed by atoms with Crippen LogP contribution < -0.4 is 15.5 Å². The van der Waals surface area contributed by atoms with Gasteiger partial charge in [0.25, 0.3) is 0 Å². The number of hydrogen-bond acceptors (Lipinski definition) is 3. The van der Waals surface area contributed by atoms with Crippen LogP contribution in [0.2, 0.25) is 0 Å². The van der Waals surface area contributed by atoms with E-state index in [1.54, 1.807) is 7.05 Å². The molecule has 4 heteroatoms. The maximum atomic E-state index is 11.9. The average molecular weight is 275 g/mol. The summed E-state index contributed by atoms with van der Waals surface area (Å²) in [6, 6.07) is 8.69. The first-order chi connectivity index (χ1) is 9.69. The average Bonchev–Trinajstić information content (AvgIpc) is 2.51. The van der Waals surface area contributed by atoms with Gasteiger partial charge in [0, 0.05) is 25.3 Å². The van der Waals surface area contributed by atoms with Crippen molar-refractivity contribution in [3.05, 3.63) is 29.8 Å². The molecule has 0 fully saturated rings. The normalized spacial score (nSPS) is 19.4. The maximum absolute atomic E-state index is 11.9. The Kier molecular flexibility index (Phi) is 5.01. The van der Waals surface area contributed by atoms with E-state index >= 15 is 0 Å². The summed E-state index contributed by atoms with van der Waals surface area (Å²) in [6.07, 6.45) is 2.18. The molecule has 0 radical (unpaired) electrons. The van der Waals surface area contributed by atoms with Crippen LogP contribution in [0.1, 0.15) is 38.3 Å². The fourth-order valence-corrected chi connectivity index (χ4v) is 2.87. The van der Waals surface area contributed by atoms with Crippen LogP contribution in [0.25, 0.3) is 0 Å². The van der Waals surface area contributed by atoms with E-state index in [9.17, 15) is 4.79 Å². The molecule has 0 aromatic heterocycles. The van der Waals surface area contributed by atoms with Crippen molar-refractivity contribution in [3.8, 4) is 0 Å². The number of rotatable bonds is 5. The minimum atomic E-state index is -0.131. The van der Waals surface area contributed by atoms with Gasteiger partial charge in [-0.05, 0) is 37.9 Å². The Bertz CT molecular complexity index is 461. The molecule has 2 atom stereocenters. The molecular weight excluding hydrogens is 250 g/mol. The van der Waals surface area contributed by atoms with Crippen molar-refractivity contribution in [2.45, 2.75) is 38.8 Å². The molecule has 2 rings (SSSR count). The lowest BCUT2D eigenvalue weighted by Crippen LogP contribution is -2.47. The molecule has 4 nitrogen and oxygen atoms in total. The van der Waals surface area contributed by atoms with Gasteiger partial charge in [0.15, 0.2) is 0 Å². The molecule has 20 heavy (non-hydrogen) atoms. The van der Waals surface area contributed by atoms with Gasteiger partial charge in [-0.3, -0.25) is 4.79 Å². The van der Waals surface area contributed by atoms with E-state index < -0.39 is 0 Å². The summed E-state index contributed by atoms with van der Waals surface area (Å²) in [5.41, 5.74) is 2.49. The zero-order chi connectivity index (χ0) is 14.5. The Hall–Kier alpha value is -1.55. The number of para-hydroxylation sites is 1. The van der Waals surface area contributed by atoms with Gasteiger partial charge in [-0.2, -0.15) is 0 Å². The molecule has 1 amide bonds. The number of fused-ring (bicyclic) bond motifs is 1. The molecule has 0 saturated carbocycles. The largest absolute Gasteiger partial charge is 0.359 e. The second-order valence-corrected chi connectivity index (χ2v) is 5.34. The Morgan fingerprint density at radius 2 is 2.20 bits per heavy atom. The smallest absolute Gasteiger partial charge is 0.242 e. The standard InChI is InChI=1S/C16H25N3O/c1-4-10-18-14-9-11-19(12(2)16(20)17-3)15-8-6-5-7-13(14)15/h5-8,12,14,18H,4,9-11H2,1-3H3,(H,17,20). The van der Waals surface area contributed by atoms with E-state index in [2.05, 4.69) is 40.7 Å². The monoisotopic (exact) mass is 275 g/mol. The van der Waals surface area contributed by atoms with Crippen LogP contribution >= 0.6 is 0 Å². The van der Waals surface area contributed by atoms with Crippen molar-refractivity contribution in [2.75, 3.05) is 25.0 Å². The first-order valence-electron chi connectivity index (χ1n) is 7.49. The predicted molar refractivity (Wildman–Crippen MR) is 83.0 cm³/mol. The van der Waals surface area contributed by atoms with Crippen molar-refractivity contribution in [1.29, 1.82) is 0 Å². The highest BCUT2D eigenvalue weighted by Crippen LogP contribution is 2.34. The molecule has 1 aliphatic heterocycles. The van der Waals surface area contributed by atoms with Crippen LogP contribution in [0.15, 0.2) is 24.3 Å². The molecule has 110 valence electrons. The molecule has 2 unspecified atom stereocenters. The van der Waals surface area contributed by atoms with E-state index in [0.717, 1.165) is 25.9 Å². The first kappa shape index (κ1) is 14.9. The van der Waals surface area contributed by atoms with Crippen molar-refractivity contribution in [3.63, 3.8) is 0 Å². The minimum absolute atomic E-state index is 0.0692. The number of benzene rings is 1. The molecule has 0 aliphatic carbocycles. The number of nitrogens with zero attached hydrogens (tertiary/aromatic N) is 1. The number of carbonyl (C=O) groups is 1. The van der Waals surface area contributed by atoms with Crippen LogP contribution in [0.4, 0.5) is 5.69 Å². The summed E-state index contributed by atoms with van der Waals surface area (Å²) in [6.45, 7) is 6.09. The summed E-state index contributed by atoms with van der Waals surface area (Å²) in [5, 5.41) is 6.35. The molecule has 1 aliphatic rings.